The highest BCUT2D eigenvalue weighted by Gasteiger charge is 2.53. The van der Waals surface area contributed by atoms with Crippen LogP contribution in [0.25, 0.3) is 0 Å². The Morgan fingerprint density at radius 1 is 1.16 bits per heavy atom. The Bertz CT molecular complexity index is 402. The van der Waals surface area contributed by atoms with Gasteiger partial charge in [-0.05, 0) is 48.1 Å². The van der Waals surface area contributed by atoms with Gasteiger partial charge in [0.15, 0.2) is 0 Å². The molecule has 0 saturated heterocycles. The first-order chi connectivity index (χ1) is 9.31. The first-order valence-electron chi connectivity index (χ1n) is 7.53. The van der Waals surface area contributed by atoms with Gasteiger partial charge in [0.1, 0.15) is 0 Å². The number of benzene rings is 1. The summed E-state index contributed by atoms with van der Waals surface area (Å²) in [6.45, 7) is 0.788. The lowest BCUT2D eigenvalue weighted by atomic mass is 10.0. The van der Waals surface area contributed by atoms with Crippen LogP contribution in [0.4, 0.5) is 0 Å². The predicted octanol–water partition coefficient (Wildman–Crippen LogP) is 4.59. The molecule has 0 radical (unpaired) electrons. The van der Waals surface area contributed by atoms with E-state index in [4.69, 9.17) is 16.3 Å². The molecular formula is C17H23ClO. The molecule has 2 fully saturated rings. The van der Waals surface area contributed by atoms with E-state index in [1.165, 1.54) is 36.8 Å². The number of rotatable bonds is 5. The summed E-state index contributed by atoms with van der Waals surface area (Å²) in [6.07, 6.45) is 6.63. The fraction of sp³-hybridized carbons (Fsp3) is 0.647. The highest BCUT2D eigenvalue weighted by Crippen LogP contribution is 2.62. The molecule has 2 aliphatic rings. The van der Waals surface area contributed by atoms with Gasteiger partial charge < -0.3 is 4.74 Å². The van der Waals surface area contributed by atoms with Gasteiger partial charge in [0.25, 0.3) is 0 Å². The van der Waals surface area contributed by atoms with Crippen LogP contribution in [-0.2, 0) is 11.2 Å². The molecule has 2 heteroatoms. The molecule has 0 aromatic heterocycles. The van der Waals surface area contributed by atoms with Crippen molar-refractivity contribution < 1.29 is 4.74 Å². The van der Waals surface area contributed by atoms with E-state index in [0.717, 1.165) is 30.8 Å². The summed E-state index contributed by atoms with van der Waals surface area (Å²) in [5.41, 5.74) is 2.64. The van der Waals surface area contributed by atoms with Crippen LogP contribution in [0.5, 0.6) is 0 Å². The summed E-state index contributed by atoms with van der Waals surface area (Å²) in [5.74, 6) is 2.59. The van der Waals surface area contributed by atoms with E-state index < -0.39 is 0 Å². The summed E-state index contributed by atoms with van der Waals surface area (Å²) in [6, 6.07) is 8.84. The zero-order valence-electron chi connectivity index (χ0n) is 11.6. The Morgan fingerprint density at radius 3 is 2.37 bits per heavy atom. The SMILES string of the molecule is COCCc1ccc(C(Cl)C2C3CCCCC32)cc1. The normalized spacial score (nSPS) is 30.7. The lowest BCUT2D eigenvalue weighted by Crippen LogP contribution is -1.98. The number of hydrogen-bond acceptors (Lipinski definition) is 1. The van der Waals surface area contributed by atoms with Crippen molar-refractivity contribution in [2.45, 2.75) is 37.5 Å². The van der Waals surface area contributed by atoms with Gasteiger partial charge in [-0.1, -0.05) is 37.1 Å². The minimum Gasteiger partial charge on any atom is -0.384 e. The molecule has 104 valence electrons. The quantitative estimate of drug-likeness (QED) is 0.716. The molecule has 19 heavy (non-hydrogen) atoms. The van der Waals surface area contributed by atoms with Crippen molar-refractivity contribution in [2.24, 2.45) is 17.8 Å². The third-order valence-corrected chi connectivity index (χ3v) is 5.50. The third kappa shape index (κ3) is 2.83. The molecule has 3 atom stereocenters. The number of halogens is 1. The first-order valence-corrected chi connectivity index (χ1v) is 7.97. The van der Waals surface area contributed by atoms with Gasteiger partial charge in [-0.2, -0.15) is 0 Å². The maximum Gasteiger partial charge on any atom is 0.0618 e. The number of methoxy groups -OCH3 is 1. The molecule has 0 N–H and O–H groups in total. The Labute approximate surface area is 121 Å². The summed E-state index contributed by atoms with van der Waals surface area (Å²) in [7, 11) is 1.75. The van der Waals surface area contributed by atoms with Crippen LogP contribution in [0, 0.1) is 17.8 Å². The van der Waals surface area contributed by atoms with E-state index in [0.29, 0.717) is 0 Å². The monoisotopic (exact) mass is 278 g/mol. The van der Waals surface area contributed by atoms with Crippen molar-refractivity contribution in [3.63, 3.8) is 0 Å². The van der Waals surface area contributed by atoms with Crippen LogP contribution in [0.1, 0.15) is 42.2 Å². The largest absolute Gasteiger partial charge is 0.384 e. The van der Waals surface area contributed by atoms with Gasteiger partial charge in [0, 0.05) is 7.11 Å². The van der Waals surface area contributed by atoms with Gasteiger partial charge >= 0.3 is 0 Å². The minimum absolute atomic E-state index is 0.226. The zero-order valence-corrected chi connectivity index (χ0v) is 12.4. The lowest BCUT2D eigenvalue weighted by Gasteiger charge is -2.10. The van der Waals surface area contributed by atoms with Crippen LogP contribution in [-0.4, -0.2) is 13.7 Å². The summed E-state index contributed by atoms with van der Waals surface area (Å²) < 4.78 is 5.11. The lowest BCUT2D eigenvalue weighted by molar-refractivity contribution is 0.202. The third-order valence-electron chi connectivity index (χ3n) is 4.95. The molecular weight excluding hydrogens is 256 g/mol. The average molecular weight is 279 g/mol. The standard InChI is InChI=1S/C17H23ClO/c1-19-11-10-12-6-8-13(9-7-12)17(18)16-14-4-2-3-5-15(14)16/h6-9,14-17H,2-5,10-11H2,1H3. The fourth-order valence-electron chi connectivity index (χ4n) is 3.79. The second-order valence-corrected chi connectivity index (χ2v) is 6.55. The highest BCUT2D eigenvalue weighted by atomic mass is 35.5. The van der Waals surface area contributed by atoms with Gasteiger partial charge in [0.05, 0.1) is 12.0 Å². The van der Waals surface area contributed by atoms with E-state index >= 15 is 0 Å². The van der Waals surface area contributed by atoms with Gasteiger partial charge in [-0.15, -0.1) is 11.6 Å². The number of alkyl halides is 1. The molecule has 1 nitrogen and oxygen atoms in total. The van der Waals surface area contributed by atoms with E-state index in [2.05, 4.69) is 24.3 Å². The summed E-state index contributed by atoms with van der Waals surface area (Å²) in [4.78, 5) is 0. The summed E-state index contributed by atoms with van der Waals surface area (Å²) >= 11 is 6.71. The second kappa shape index (κ2) is 5.85. The molecule has 3 rings (SSSR count). The molecule has 1 aromatic carbocycles. The zero-order chi connectivity index (χ0) is 13.2. The highest BCUT2D eigenvalue weighted by molar-refractivity contribution is 6.21. The van der Waals surface area contributed by atoms with Crippen LogP contribution in [0.3, 0.4) is 0 Å². The van der Waals surface area contributed by atoms with Crippen LogP contribution >= 0.6 is 11.6 Å². The van der Waals surface area contributed by atoms with Crippen molar-refractivity contribution in [3.05, 3.63) is 35.4 Å². The van der Waals surface area contributed by atoms with Gasteiger partial charge in [-0.3, -0.25) is 0 Å². The molecule has 2 aliphatic carbocycles. The molecule has 0 heterocycles. The number of hydrogen-bond donors (Lipinski definition) is 0. The van der Waals surface area contributed by atoms with Crippen LogP contribution in [0.15, 0.2) is 24.3 Å². The van der Waals surface area contributed by atoms with Crippen LogP contribution in [0.2, 0.25) is 0 Å². The predicted molar refractivity (Wildman–Crippen MR) is 79.6 cm³/mol. The number of ether oxygens (including phenoxy) is 1. The Morgan fingerprint density at radius 2 is 1.79 bits per heavy atom. The van der Waals surface area contributed by atoms with Gasteiger partial charge in [-0.25, -0.2) is 0 Å². The first kappa shape index (κ1) is 13.5. The molecule has 0 amide bonds. The molecule has 1 aromatic rings. The fourth-order valence-corrected chi connectivity index (χ4v) is 4.31. The second-order valence-electron chi connectivity index (χ2n) is 6.08. The van der Waals surface area contributed by atoms with E-state index in [1.54, 1.807) is 7.11 Å². The van der Waals surface area contributed by atoms with Crippen molar-refractivity contribution >= 4 is 11.6 Å². The molecule has 2 saturated carbocycles. The van der Waals surface area contributed by atoms with E-state index in [-0.39, 0.29) is 5.38 Å². The average Bonchev–Trinajstić information content (AvgIpc) is 3.19. The Balaban J connectivity index is 1.62. The summed E-state index contributed by atoms with van der Waals surface area (Å²) in [5, 5.41) is 0.226. The van der Waals surface area contributed by atoms with Gasteiger partial charge in [0.2, 0.25) is 0 Å². The van der Waals surface area contributed by atoms with Crippen molar-refractivity contribution in [2.75, 3.05) is 13.7 Å². The topological polar surface area (TPSA) is 9.23 Å². The minimum atomic E-state index is 0.226. The Hall–Kier alpha value is -0.530. The smallest absolute Gasteiger partial charge is 0.0618 e. The van der Waals surface area contributed by atoms with Crippen molar-refractivity contribution in [1.29, 1.82) is 0 Å². The molecule has 3 unspecified atom stereocenters. The molecule has 0 aliphatic heterocycles. The van der Waals surface area contributed by atoms with E-state index in [9.17, 15) is 0 Å². The molecule has 0 spiro atoms. The van der Waals surface area contributed by atoms with Crippen molar-refractivity contribution in [1.82, 2.24) is 0 Å². The maximum absolute atomic E-state index is 6.71. The maximum atomic E-state index is 6.71. The van der Waals surface area contributed by atoms with Crippen molar-refractivity contribution in [3.8, 4) is 0 Å². The number of fused-ring (bicyclic) bond motifs is 1. The van der Waals surface area contributed by atoms with Crippen LogP contribution < -0.4 is 0 Å². The molecule has 0 bridgehead atoms. The van der Waals surface area contributed by atoms with E-state index in [1.807, 2.05) is 0 Å². The Kier molecular flexibility index (Phi) is 4.14.